The maximum atomic E-state index is 13.6. The Bertz CT molecular complexity index is 673. The molecule has 0 fully saturated rings. The highest BCUT2D eigenvalue weighted by atomic mass is 32.1. The summed E-state index contributed by atoms with van der Waals surface area (Å²) in [6.45, 7) is 4.06. The summed E-state index contributed by atoms with van der Waals surface area (Å²) in [5, 5.41) is 6.48. The third-order valence-corrected chi connectivity index (χ3v) is 3.47. The van der Waals surface area contributed by atoms with Gasteiger partial charge in [-0.3, -0.25) is 0 Å². The molecule has 0 saturated heterocycles. The number of anilines is 2. The van der Waals surface area contributed by atoms with Gasteiger partial charge in [0.05, 0.1) is 7.11 Å². The Labute approximate surface area is 129 Å². The van der Waals surface area contributed by atoms with Gasteiger partial charge < -0.3 is 15.4 Å². The van der Waals surface area contributed by atoms with Crippen molar-refractivity contribution >= 4 is 28.7 Å². The number of hydrogen-bond donors (Lipinski definition) is 2. The van der Waals surface area contributed by atoms with Gasteiger partial charge in [0.2, 0.25) is 0 Å². The van der Waals surface area contributed by atoms with Crippen LogP contribution in [0.1, 0.15) is 11.1 Å². The van der Waals surface area contributed by atoms with E-state index >= 15 is 0 Å². The Morgan fingerprint density at radius 1 is 1.14 bits per heavy atom. The lowest BCUT2D eigenvalue weighted by atomic mass is 10.1. The molecule has 0 radical (unpaired) electrons. The summed E-state index contributed by atoms with van der Waals surface area (Å²) < 4.78 is 18.5. The number of nitrogens with one attached hydrogen (secondary N) is 2. The molecule has 0 bridgehead atoms. The van der Waals surface area contributed by atoms with Crippen LogP contribution in [0.2, 0.25) is 0 Å². The van der Waals surface area contributed by atoms with Crippen LogP contribution in [-0.4, -0.2) is 12.2 Å². The van der Waals surface area contributed by atoms with Gasteiger partial charge in [-0.2, -0.15) is 0 Å². The lowest BCUT2D eigenvalue weighted by molar-refractivity contribution is 0.387. The number of ether oxygens (including phenoxy) is 1. The van der Waals surface area contributed by atoms with E-state index in [-0.39, 0.29) is 5.75 Å². The van der Waals surface area contributed by atoms with Crippen LogP contribution in [0.25, 0.3) is 0 Å². The van der Waals surface area contributed by atoms with E-state index < -0.39 is 5.82 Å². The van der Waals surface area contributed by atoms with Crippen molar-refractivity contribution in [2.45, 2.75) is 13.8 Å². The van der Waals surface area contributed by atoms with Crippen molar-refractivity contribution in [2.24, 2.45) is 0 Å². The molecule has 0 spiro atoms. The second-order valence-corrected chi connectivity index (χ2v) is 5.08. The maximum absolute atomic E-state index is 13.6. The van der Waals surface area contributed by atoms with Gasteiger partial charge in [0, 0.05) is 17.4 Å². The topological polar surface area (TPSA) is 33.3 Å². The highest BCUT2D eigenvalue weighted by Crippen LogP contribution is 2.22. The fourth-order valence-electron chi connectivity index (χ4n) is 1.92. The van der Waals surface area contributed by atoms with Gasteiger partial charge in [0.25, 0.3) is 0 Å². The molecular weight excluding hydrogens is 287 g/mol. The van der Waals surface area contributed by atoms with Crippen molar-refractivity contribution in [3.8, 4) is 5.75 Å². The number of halogens is 1. The number of hydrogen-bond acceptors (Lipinski definition) is 2. The van der Waals surface area contributed by atoms with E-state index in [2.05, 4.69) is 10.6 Å². The predicted molar refractivity (Wildman–Crippen MR) is 88.7 cm³/mol. The first-order chi connectivity index (χ1) is 10.0. The molecule has 0 amide bonds. The molecule has 2 aromatic carbocycles. The van der Waals surface area contributed by atoms with Crippen LogP contribution < -0.4 is 15.4 Å². The van der Waals surface area contributed by atoms with E-state index in [1.54, 1.807) is 12.1 Å². The van der Waals surface area contributed by atoms with Crippen molar-refractivity contribution in [2.75, 3.05) is 17.7 Å². The van der Waals surface area contributed by atoms with E-state index in [4.69, 9.17) is 17.0 Å². The quantitative estimate of drug-likeness (QED) is 0.830. The van der Waals surface area contributed by atoms with Crippen LogP contribution in [-0.2, 0) is 0 Å². The largest absolute Gasteiger partial charge is 0.494 e. The molecule has 110 valence electrons. The first-order valence-corrected chi connectivity index (χ1v) is 6.90. The van der Waals surface area contributed by atoms with Crippen LogP contribution in [0.4, 0.5) is 15.8 Å². The smallest absolute Gasteiger partial charge is 0.175 e. The van der Waals surface area contributed by atoms with Gasteiger partial charge in [-0.05, 0) is 55.4 Å². The van der Waals surface area contributed by atoms with Crippen molar-refractivity contribution in [1.29, 1.82) is 0 Å². The molecule has 0 unspecified atom stereocenters. The molecule has 0 heterocycles. The lowest BCUT2D eigenvalue weighted by Gasteiger charge is -2.14. The predicted octanol–water partition coefficient (Wildman–Crippen LogP) is 4.26. The Hall–Kier alpha value is -2.14. The van der Waals surface area contributed by atoms with Crippen LogP contribution in [0.15, 0.2) is 36.4 Å². The molecule has 2 aromatic rings. The van der Waals surface area contributed by atoms with E-state index in [9.17, 15) is 4.39 Å². The number of methoxy groups -OCH3 is 1. The van der Waals surface area contributed by atoms with Gasteiger partial charge in [-0.15, -0.1) is 0 Å². The van der Waals surface area contributed by atoms with Gasteiger partial charge in [-0.25, -0.2) is 4.39 Å². The zero-order chi connectivity index (χ0) is 15.4. The Morgan fingerprint density at radius 3 is 2.57 bits per heavy atom. The molecule has 0 aliphatic heterocycles. The third-order valence-electron chi connectivity index (χ3n) is 3.26. The van der Waals surface area contributed by atoms with E-state index in [0.717, 1.165) is 11.3 Å². The van der Waals surface area contributed by atoms with E-state index in [1.165, 1.54) is 18.7 Å². The first kappa shape index (κ1) is 15.3. The van der Waals surface area contributed by atoms with Crippen molar-refractivity contribution in [3.63, 3.8) is 0 Å². The van der Waals surface area contributed by atoms with Crippen molar-refractivity contribution < 1.29 is 9.13 Å². The first-order valence-electron chi connectivity index (χ1n) is 6.49. The summed E-state index contributed by atoms with van der Waals surface area (Å²) >= 11 is 5.25. The molecule has 21 heavy (non-hydrogen) atoms. The van der Waals surface area contributed by atoms with E-state index in [0.29, 0.717) is 10.8 Å². The Balaban J connectivity index is 2.08. The molecule has 0 aliphatic carbocycles. The molecule has 0 saturated carbocycles. The maximum Gasteiger partial charge on any atom is 0.175 e. The standard InChI is InChI=1S/C16H17FN2OS/c1-10-5-4-6-14(11(10)2)19-16(21)18-12-7-8-15(20-3)13(17)9-12/h4-9H,1-3H3,(H2,18,19,21). The molecule has 3 nitrogen and oxygen atoms in total. The average Bonchev–Trinajstić information content (AvgIpc) is 2.44. The minimum Gasteiger partial charge on any atom is -0.494 e. The second kappa shape index (κ2) is 6.54. The zero-order valence-corrected chi connectivity index (χ0v) is 13.0. The fourth-order valence-corrected chi connectivity index (χ4v) is 2.14. The van der Waals surface area contributed by atoms with Crippen molar-refractivity contribution in [3.05, 3.63) is 53.3 Å². The third kappa shape index (κ3) is 3.70. The number of thiocarbonyl (C=S) groups is 1. The zero-order valence-electron chi connectivity index (χ0n) is 12.2. The number of aryl methyl sites for hydroxylation is 1. The minimum atomic E-state index is -0.433. The highest BCUT2D eigenvalue weighted by Gasteiger charge is 2.06. The minimum absolute atomic E-state index is 0.203. The fraction of sp³-hybridized carbons (Fsp3) is 0.188. The molecule has 2 rings (SSSR count). The van der Waals surface area contributed by atoms with Crippen molar-refractivity contribution in [1.82, 2.24) is 0 Å². The lowest BCUT2D eigenvalue weighted by Crippen LogP contribution is -2.19. The van der Waals surface area contributed by atoms with Gasteiger partial charge >= 0.3 is 0 Å². The molecule has 2 N–H and O–H groups in total. The second-order valence-electron chi connectivity index (χ2n) is 4.68. The average molecular weight is 304 g/mol. The van der Waals surface area contributed by atoms with Gasteiger partial charge in [0.1, 0.15) is 0 Å². The summed E-state index contributed by atoms with van der Waals surface area (Å²) in [5.74, 6) is -0.231. The van der Waals surface area contributed by atoms with Crippen LogP contribution in [0.3, 0.4) is 0 Å². The molecule has 0 aromatic heterocycles. The molecule has 5 heteroatoms. The summed E-state index contributed by atoms with van der Waals surface area (Å²) in [5.41, 5.74) is 3.80. The summed E-state index contributed by atoms with van der Waals surface area (Å²) in [7, 11) is 1.43. The molecule has 0 atom stereocenters. The number of rotatable bonds is 3. The molecular formula is C16H17FN2OS. The number of benzene rings is 2. The van der Waals surface area contributed by atoms with Crippen LogP contribution >= 0.6 is 12.2 Å². The summed E-state index contributed by atoms with van der Waals surface area (Å²) in [6.07, 6.45) is 0. The highest BCUT2D eigenvalue weighted by molar-refractivity contribution is 7.80. The van der Waals surface area contributed by atoms with E-state index in [1.807, 2.05) is 32.0 Å². The molecule has 0 aliphatic rings. The normalized spacial score (nSPS) is 10.1. The summed E-state index contributed by atoms with van der Waals surface area (Å²) in [4.78, 5) is 0. The van der Waals surface area contributed by atoms with Crippen LogP contribution in [0, 0.1) is 19.7 Å². The summed E-state index contributed by atoms with van der Waals surface area (Å²) in [6, 6.07) is 10.5. The van der Waals surface area contributed by atoms with Gasteiger partial charge in [0.15, 0.2) is 16.7 Å². The van der Waals surface area contributed by atoms with Gasteiger partial charge in [-0.1, -0.05) is 12.1 Å². The Kier molecular flexibility index (Phi) is 4.75. The SMILES string of the molecule is COc1ccc(NC(=S)Nc2cccc(C)c2C)cc1F. The monoisotopic (exact) mass is 304 g/mol. The van der Waals surface area contributed by atoms with Crippen LogP contribution in [0.5, 0.6) is 5.75 Å². The Morgan fingerprint density at radius 2 is 1.90 bits per heavy atom.